The Morgan fingerprint density at radius 2 is 2.27 bits per heavy atom. The van der Waals surface area contributed by atoms with Gasteiger partial charge in [0.05, 0.1) is 0 Å². The number of nitrogens with zero attached hydrogens (tertiary/aromatic N) is 1. The molecule has 0 spiro atoms. The van der Waals surface area contributed by atoms with Crippen molar-refractivity contribution in [2.75, 3.05) is 18.6 Å². The number of anilines is 1. The van der Waals surface area contributed by atoms with Crippen LogP contribution in [0.5, 0.6) is 0 Å². The summed E-state index contributed by atoms with van der Waals surface area (Å²) >= 11 is 0.540. The first-order valence-corrected chi connectivity index (χ1v) is 5.51. The molecule has 5 heteroatoms. The lowest BCUT2D eigenvalue weighted by molar-refractivity contribution is 0.602. The molecule has 3 nitrogen and oxygen atoms in total. The molecule has 1 heterocycles. The number of hydrogen-bond donors (Lipinski definition) is 1. The van der Waals surface area contributed by atoms with Crippen molar-refractivity contribution in [3.8, 4) is 0 Å². The second-order valence-electron chi connectivity index (χ2n) is 2.10. The fourth-order valence-electron chi connectivity index (χ4n) is 0.756. The zero-order valence-corrected chi connectivity index (χ0v) is 8.30. The van der Waals surface area contributed by atoms with Crippen LogP contribution in [0.2, 0.25) is 0 Å². The van der Waals surface area contributed by atoms with Gasteiger partial charge in [0, 0.05) is 7.05 Å². The average molecular weight is 190 g/mol. The number of thiazole rings is 1. The van der Waals surface area contributed by atoms with Crippen molar-refractivity contribution in [2.45, 2.75) is 11.1 Å². The molecule has 1 atom stereocenters. The molecule has 1 N–H and O–H groups in total. The van der Waals surface area contributed by atoms with Gasteiger partial charge in [0.1, 0.15) is 11.9 Å². The van der Waals surface area contributed by atoms with E-state index in [0.717, 1.165) is 15.0 Å². The van der Waals surface area contributed by atoms with Crippen LogP contribution in [-0.4, -0.2) is 22.8 Å². The summed E-state index contributed by atoms with van der Waals surface area (Å²) in [6, 6.07) is 0. The van der Waals surface area contributed by atoms with E-state index < -0.39 is 11.2 Å². The van der Waals surface area contributed by atoms with Gasteiger partial charge in [-0.2, -0.15) is 0 Å². The number of aryl methyl sites for hydroxylation is 1. The largest absolute Gasteiger partial charge is 0.611 e. The van der Waals surface area contributed by atoms with Gasteiger partial charge in [-0.25, -0.2) is 4.98 Å². The third-order valence-corrected chi connectivity index (χ3v) is 3.97. The number of aromatic nitrogens is 1. The Morgan fingerprint density at radius 3 is 2.55 bits per heavy atom. The molecular formula is C6H10N2OS2. The van der Waals surface area contributed by atoms with Gasteiger partial charge in [-0.1, -0.05) is 0 Å². The highest BCUT2D eigenvalue weighted by Gasteiger charge is 2.14. The standard InChI is InChI=1S/C6H10N2OS2/c1-4-5(11(3)9)10-6(7-2)8-4/h1-3H3,(H,7,8)/t11-/m0/s1. The Kier molecular flexibility index (Phi) is 2.75. The predicted octanol–water partition coefficient (Wildman–Crippen LogP) is 1.23. The lowest BCUT2D eigenvalue weighted by Crippen LogP contribution is -1.95. The van der Waals surface area contributed by atoms with Crippen molar-refractivity contribution in [2.24, 2.45) is 0 Å². The van der Waals surface area contributed by atoms with Crippen LogP contribution in [0.1, 0.15) is 5.69 Å². The average Bonchev–Trinajstić information content (AvgIpc) is 2.30. The summed E-state index contributed by atoms with van der Waals surface area (Å²) in [4.78, 5) is 4.16. The summed E-state index contributed by atoms with van der Waals surface area (Å²) in [5.74, 6) is 0. The van der Waals surface area contributed by atoms with Crippen molar-refractivity contribution in [1.82, 2.24) is 4.98 Å². The van der Waals surface area contributed by atoms with Crippen molar-refractivity contribution in [1.29, 1.82) is 0 Å². The van der Waals surface area contributed by atoms with Crippen LogP contribution in [-0.2, 0) is 11.2 Å². The maximum absolute atomic E-state index is 11.0. The second kappa shape index (κ2) is 3.42. The van der Waals surface area contributed by atoms with Gasteiger partial charge in [0.15, 0.2) is 5.13 Å². The van der Waals surface area contributed by atoms with E-state index in [-0.39, 0.29) is 0 Å². The van der Waals surface area contributed by atoms with Gasteiger partial charge in [-0.15, -0.1) is 0 Å². The molecule has 0 amide bonds. The molecule has 0 fully saturated rings. The van der Waals surface area contributed by atoms with Gasteiger partial charge in [-0.05, 0) is 29.4 Å². The molecule has 0 saturated carbocycles. The van der Waals surface area contributed by atoms with E-state index in [9.17, 15) is 4.55 Å². The first-order chi connectivity index (χ1) is 5.15. The molecule has 62 valence electrons. The normalized spacial score (nSPS) is 13.1. The van der Waals surface area contributed by atoms with Crippen LogP contribution in [0.25, 0.3) is 0 Å². The summed E-state index contributed by atoms with van der Waals surface area (Å²) in [5, 5.41) is 3.74. The minimum Gasteiger partial charge on any atom is -0.611 e. The van der Waals surface area contributed by atoms with E-state index in [0.29, 0.717) is 0 Å². The van der Waals surface area contributed by atoms with Crippen LogP contribution in [0, 0.1) is 6.92 Å². The van der Waals surface area contributed by atoms with E-state index >= 15 is 0 Å². The lowest BCUT2D eigenvalue weighted by atomic mass is 10.6. The summed E-state index contributed by atoms with van der Waals surface area (Å²) in [5.41, 5.74) is 0.861. The Balaban J connectivity index is 2.97. The predicted molar refractivity (Wildman–Crippen MR) is 48.7 cm³/mol. The molecule has 1 aromatic rings. The molecule has 0 radical (unpaired) electrons. The maximum atomic E-state index is 11.0. The SMILES string of the molecule is CNc1nc(C)c([S@+](C)[O-])s1. The van der Waals surface area contributed by atoms with E-state index in [2.05, 4.69) is 10.3 Å². The van der Waals surface area contributed by atoms with Crippen molar-refractivity contribution in [3.63, 3.8) is 0 Å². The van der Waals surface area contributed by atoms with Crippen LogP contribution in [0.3, 0.4) is 0 Å². The molecule has 0 unspecified atom stereocenters. The van der Waals surface area contributed by atoms with Crippen molar-refractivity contribution in [3.05, 3.63) is 5.69 Å². The summed E-state index contributed by atoms with van der Waals surface area (Å²) in [6.45, 7) is 1.87. The van der Waals surface area contributed by atoms with E-state index in [1.807, 2.05) is 6.92 Å². The van der Waals surface area contributed by atoms with E-state index in [1.165, 1.54) is 11.3 Å². The van der Waals surface area contributed by atoms with Gasteiger partial charge in [-0.3, -0.25) is 0 Å². The van der Waals surface area contributed by atoms with Crippen LogP contribution >= 0.6 is 11.3 Å². The summed E-state index contributed by atoms with van der Waals surface area (Å²) < 4.78 is 11.9. The molecule has 1 rings (SSSR count). The monoisotopic (exact) mass is 190 g/mol. The maximum Gasteiger partial charge on any atom is 0.231 e. The third kappa shape index (κ3) is 1.85. The first kappa shape index (κ1) is 8.83. The molecule has 0 aliphatic rings. The number of hydrogen-bond acceptors (Lipinski definition) is 4. The second-order valence-corrected chi connectivity index (χ2v) is 4.67. The minimum absolute atomic E-state index is 0.827. The van der Waals surface area contributed by atoms with Gasteiger partial charge in [0.25, 0.3) is 0 Å². The smallest absolute Gasteiger partial charge is 0.231 e. The zero-order valence-electron chi connectivity index (χ0n) is 6.67. The molecule has 0 saturated heterocycles. The first-order valence-electron chi connectivity index (χ1n) is 3.13. The Morgan fingerprint density at radius 1 is 1.64 bits per heavy atom. The number of rotatable bonds is 2. The lowest BCUT2D eigenvalue weighted by Gasteiger charge is -1.98. The molecule has 11 heavy (non-hydrogen) atoms. The molecular weight excluding hydrogens is 180 g/mol. The van der Waals surface area contributed by atoms with Gasteiger partial charge in [0.2, 0.25) is 4.21 Å². The van der Waals surface area contributed by atoms with E-state index in [4.69, 9.17) is 0 Å². The molecule has 0 bridgehead atoms. The number of nitrogens with one attached hydrogen (secondary N) is 1. The molecule has 0 aliphatic heterocycles. The summed E-state index contributed by atoms with van der Waals surface area (Å²) in [7, 11) is 1.81. The van der Waals surface area contributed by atoms with Gasteiger partial charge >= 0.3 is 0 Å². The Bertz CT molecular complexity index is 247. The van der Waals surface area contributed by atoms with Crippen molar-refractivity contribution >= 4 is 27.6 Å². The highest BCUT2D eigenvalue weighted by molar-refractivity contribution is 7.92. The Labute approximate surface area is 73.0 Å². The minimum atomic E-state index is -0.905. The fourth-order valence-corrected chi connectivity index (χ4v) is 2.58. The molecule has 0 aromatic carbocycles. The highest BCUT2D eigenvalue weighted by Crippen LogP contribution is 2.26. The topological polar surface area (TPSA) is 48.0 Å². The Hall–Kier alpha value is -0.260. The van der Waals surface area contributed by atoms with Crippen LogP contribution in [0.15, 0.2) is 4.21 Å². The summed E-state index contributed by atoms with van der Waals surface area (Å²) in [6.07, 6.45) is 1.67. The van der Waals surface area contributed by atoms with Crippen molar-refractivity contribution < 1.29 is 4.55 Å². The fraction of sp³-hybridized carbons (Fsp3) is 0.500. The van der Waals surface area contributed by atoms with Crippen LogP contribution < -0.4 is 5.32 Å². The third-order valence-electron chi connectivity index (χ3n) is 1.23. The van der Waals surface area contributed by atoms with E-state index in [1.54, 1.807) is 13.3 Å². The van der Waals surface area contributed by atoms with Gasteiger partial charge < -0.3 is 9.87 Å². The molecule has 1 aromatic heterocycles. The highest BCUT2D eigenvalue weighted by atomic mass is 32.2. The zero-order chi connectivity index (χ0) is 8.43. The quantitative estimate of drug-likeness (QED) is 0.714. The molecule has 0 aliphatic carbocycles. The van der Waals surface area contributed by atoms with Crippen LogP contribution in [0.4, 0.5) is 5.13 Å².